The fraction of sp³-hybridized carbons (Fsp3) is 0.0476. The Morgan fingerprint density at radius 1 is 0.882 bits per heavy atom. The Labute approximate surface area is 215 Å². The van der Waals surface area contributed by atoms with E-state index in [4.69, 9.17) is 67.5 Å². The zero-order chi connectivity index (χ0) is 24.7. The molecular weight excluding hydrogens is 555 g/mol. The summed E-state index contributed by atoms with van der Waals surface area (Å²) in [6.45, 7) is 0. The van der Waals surface area contributed by atoms with Crippen molar-refractivity contribution in [1.82, 2.24) is 0 Å². The summed E-state index contributed by atoms with van der Waals surface area (Å²) in [5.41, 5.74) is -2.43. The molecule has 1 amide bonds. The number of carbonyl (C=O) groups is 2. The summed E-state index contributed by atoms with van der Waals surface area (Å²) in [5.74, 6) is -1.60. The number of rotatable bonds is 1. The van der Waals surface area contributed by atoms with Crippen LogP contribution in [0.25, 0.3) is 0 Å². The van der Waals surface area contributed by atoms with E-state index in [9.17, 15) is 24.9 Å². The van der Waals surface area contributed by atoms with Crippen LogP contribution in [0, 0.1) is 0 Å². The van der Waals surface area contributed by atoms with E-state index in [2.05, 4.69) is 5.32 Å². The van der Waals surface area contributed by atoms with Crippen LogP contribution in [-0.4, -0.2) is 27.4 Å². The second-order valence-corrected chi connectivity index (χ2v) is 9.14. The molecule has 0 aliphatic carbocycles. The molecule has 0 bridgehead atoms. The fourth-order valence-corrected chi connectivity index (χ4v) is 5.54. The Hall–Kier alpha value is -2.75. The maximum atomic E-state index is 13.2. The van der Waals surface area contributed by atoms with Gasteiger partial charge < -0.3 is 24.8 Å². The highest BCUT2D eigenvalue weighted by Gasteiger charge is 2.58. The molecule has 4 N–H and O–H groups in total. The number of carbonyl (C=O) groups excluding carboxylic acids is 1. The van der Waals surface area contributed by atoms with Gasteiger partial charge in [0.05, 0.1) is 36.9 Å². The average molecular weight is 564 g/mol. The van der Waals surface area contributed by atoms with Gasteiger partial charge in [0.1, 0.15) is 28.0 Å². The molecule has 0 radical (unpaired) electrons. The van der Waals surface area contributed by atoms with Gasteiger partial charge in [-0.1, -0.05) is 58.0 Å². The van der Waals surface area contributed by atoms with E-state index >= 15 is 0 Å². The van der Waals surface area contributed by atoms with Crippen molar-refractivity contribution in [2.24, 2.45) is 0 Å². The minimum Gasteiger partial charge on any atom is -0.508 e. The van der Waals surface area contributed by atoms with Crippen molar-refractivity contribution in [3.05, 3.63) is 71.6 Å². The molecule has 3 aromatic rings. The lowest BCUT2D eigenvalue weighted by Gasteiger charge is -2.37. The topological polar surface area (TPSA) is 125 Å². The number of benzene rings is 3. The molecule has 1 atom stereocenters. The molecular formula is C21H8Cl5NO7. The molecule has 2 aliphatic rings. The lowest BCUT2D eigenvalue weighted by atomic mass is 9.77. The van der Waals surface area contributed by atoms with Gasteiger partial charge in [0, 0.05) is 23.3 Å². The maximum Gasteiger partial charge on any atom is 0.409 e. The standard InChI is InChI=1S/C21H8Cl5NO7/c22-13-7(29)4-9-11(15(13)24)21(6-2-1-5(28)3-8(6)33-9)12-10(19(30)34-21)14(23)17(26)18(16(12)25)27-20(31)32/h1-4,27-29H,(H,31,32). The Kier molecular flexibility index (Phi) is 5.16. The number of halogens is 5. The van der Waals surface area contributed by atoms with Crippen molar-refractivity contribution >= 4 is 75.8 Å². The van der Waals surface area contributed by atoms with Crippen LogP contribution < -0.4 is 10.1 Å². The van der Waals surface area contributed by atoms with Gasteiger partial charge in [-0.25, -0.2) is 9.59 Å². The van der Waals surface area contributed by atoms with Gasteiger partial charge in [0.25, 0.3) is 0 Å². The lowest BCUT2D eigenvalue weighted by molar-refractivity contribution is 0.0225. The van der Waals surface area contributed by atoms with Crippen molar-refractivity contribution in [1.29, 1.82) is 0 Å². The summed E-state index contributed by atoms with van der Waals surface area (Å²) in [6, 6.07) is 5.09. The summed E-state index contributed by atoms with van der Waals surface area (Å²) in [5, 5.41) is 30.2. The molecule has 1 spiro atoms. The second-order valence-electron chi connectivity index (χ2n) is 7.25. The monoisotopic (exact) mass is 561 g/mol. The van der Waals surface area contributed by atoms with Crippen LogP contribution in [0.1, 0.15) is 27.0 Å². The highest BCUT2D eigenvalue weighted by molar-refractivity contribution is 6.49. The van der Waals surface area contributed by atoms with Gasteiger partial charge >= 0.3 is 12.1 Å². The lowest BCUT2D eigenvalue weighted by Crippen LogP contribution is -2.34. The number of hydrogen-bond donors (Lipinski definition) is 4. The number of phenolic OH excluding ortho intramolecular Hbond substituents is 2. The molecule has 1 unspecified atom stereocenters. The van der Waals surface area contributed by atoms with Crippen LogP contribution in [-0.2, 0) is 10.3 Å². The van der Waals surface area contributed by atoms with E-state index in [0.717, 1.165) is 6.07 Å². The quantitative estimate of drug-likeness (QED) is 0.185. The number of phenols is 2. The van der Waals surface area contributed by atoms with Crippen LogP contribution in [0.4, 0.5) is 10.5 Å². The van der Waals surface area contributed by atoms with Crippen molar-refractivity contribution in [3.63, 3.8) is 0 Å². The van der Waals surface area contributed by atoms with Crippen molar-refractivity contribution in [3.8, 4) is 23.0 Å². The van der Waals surface area contributed by atoms with Crippen LogP contribution in [0.5, 0.6) is 23.0 Å². The number of carboxylic acid groups (broad SMARTS) is 1. The molecule has 0 fully saturated rings. The van der Waals surface area contributed by atoms with E-state index in [1.165, 1.54) is 18.2 Å². The first-order chi connectivity index (χ1) is 16.0. The number of esters is 1. The minimum absolute atomic E-state index is 0.0104. The minimum atomic E-state index is -1.96. The molecule has 0 saturated carbocycles. The largest absolute Gasteiger partial charge is 0.508 e. The van der Waals surface area contributed by atoms with Crippen LogP contribution in [0.15, 0.2) is 24.3 Å². The van der Waals surface area contributed by atoms with E-state index in [-0.39, 0.29) is 70.3 Å². The second kappa shape index (κ2) is 7.63. The number of anilines is 1. The van der Waals surface area contributed by atoms with Gasteiger partial charge in [-0.15, -0.1) is 0 Å². The molecule has 8 nitrogen and oxygen atoms in total. The van der Waals surface area contributed by atoms with Crippen molar-refractivity contribution in [2.75, 3.05) is 5.32 Å². The Morgan fingerprint density at radius 2 is 1.59 bits per heavy atom. The normalized spacial score (nSPS) is 17.5. The maximum absolute atomic E-state index is 13.2. The van der Waals surface area contributed by atoms with E-state index < -0.39 is 23.4 Å². The van der Waals surface area contributed by atoms with E-state index in [1.54, 1.807) is 0 Å². The molecule has 2 aliphatic heterocycles. The number of fused-ring (bicyclic) bond motifs is 6. The third-order valence-corrected chi connectivity index (χ3v) is 7.51. The first-order valence-corrected chi connectivity index (χ1v) is 11.0. The highest BCUT2D eigenvalue weighted by atomic mass is 35.5. The third kappa shape index (κ3) is 2.93. The molecule has 5 rings (SSSR count). The van der Waals surface area contributed by atoms with Crippen LogP contribution in [0.2, 0.25) is 25.1 Å². The number of amides is 1. The van der Waals surface area contributed by atoms with Gasteiger partial charge in [-0.2, -0.15) is 0 Å². The molecule has 2 heterocycles. The Morgan fingerprint density at radius 3 is 2.26 bits per heavy atom. The fourth-order valence-electron chi connectivity index (χ4n) is 4.14. The van der Waals surface area contributed by atoms with E-state index in [0.29, 0.717) is 0 Å². The molecule has 13 heteroatoms. The van der Waals surface area contributed by atoms with Crippen molar-refractivity contribution < 1.29 is 34.4 Å². The number of aromatic hydroxyl groups is 2. The zero-order valence-electron chi connectivity index (χ0n) is 16.2. The molecule has 174 valence electrons. The summed E-state index contributed by atoms with van der Waals surface area (Å²) < 4.78 is 11.7. The summed E-state index contributed by atoms with van der Waals surface area (Å²) in [7, 11) is 0. The number of ether oxygens (including phenoxy) is 2. The van der Waals surface area contributed by atoms with Gasteiger partial charge in [0.15, 0.2) is 5.60 Å². The molecule has 34 heavy (non-hydrogen) atoms. The first-order valence-electron chi connectivity index (χ1n) is 9.16. The SMILES string of the molecule is O=C(O)Nc1c(Cl)c(Cl)c2c(c1Cl)C1(OC2=O)c2ccc(O)cc2Oc2cc(O)c(Cl)c(Cl)c21. The van der Waals surface area contributed by atoms with Gasteiger partial charge in [0.2, 0.25) is 0 Å². The summed E-state index contributed by atoms with van der Waals surface area (Å²) in [4.78, 5) is 24.6. The van der Waals surface area contributed by atoms with Crippen molar-refractivity contribution in [2.45, 2.75) is 5.60 Å². The van der Waals surface area contributed by atoms with Gasteiger partial charge in [-0.05, 0) is 12.1 Å². The predicted molar refractivity (Wildman–Crippen MR) is 125 cm³/mol. The Balaban J connectivity index is 2.00. The molecule has 0 saturated heterocycles. The molecule has 3 aromatic carbocycles. The Bertz CT molecular complexity index is 1480. The average Bonchev–Trinajstić information content (AvgIpc) is 3.06. The number of hydrogen-bond acceptors (Lipinski definition) is 6. The summed E-state index contributed by atoms with van der Waals surface area (Å²) >= 11 is 32.0. The predicted octanol–water partition coefficient (Wildman–Crippen LogP) is 7.02. The number of nitrogens with one attached hydrogen (secondary N) is 1. The zero-order valence-corrected chi connectivity index (χ0v) is 20.0. The van der Waals surface area contributed by atoms with Gasteiger partial charge in [-0.3, -0.25) is 5.32 Å². The summed E-state index contributed by atoms with van der Waals surface area (Å²) in [6.07, 6.45) is -1.50. The first kappa shape index (κ1) is 23.0. The molecule has 0 aromatic heterocycles. The van der Waals surface area contributed by atoms with Crippen LogP contribution >= 0.6 is 58.0 Å². The van der Waals surface area contributed by atoms with E-state index in [1.807, 2.05) is 0 Å². The highest BCUT2D eigenvalue weighted by Crippen LogP contribution is 2.63. The smallest absolute Gasteiger partial charge is 0.409 e. The third-order valence-electron chi connectivity index (χ3n) is 5.42. The van der Waals surface area contributed by atoms with Crippen LogP contribution in [0.3, 0.4) is 0 Å².